The molecule has 2 aromatic carbocycles. The first-order chi connectivity index (χ1) is 15.2. The standard InChI is InChI=1S/C23H22F4N2O3/c24-19-10-14(4-5-18(19)23(25,26)27)11-21(30)28-20-3-1-2-15-12-29(8-6-17(15)20)22(31)16-7-9-32-13-16/h1-5,10,16H,6-9,11-13H2,(H,28,30). The maximum atomic E-state index is 13.8. The molecule has 1 fully saturated rings. The van der Waals surface area contributed by atoms with Crippen LogP contribution in [0.25, 0.3) is 0 Å². The van der Waals surface area contributed by atoms with Crippen molar-refractivity contribution in [2.45, 2.75) is 32.0 Å². The zero-order chi connectivity index (χ0) is 22.9. The summed E-state index contributed by atoms with van der Waals surface area (Å²) < 4.78 is 57.2. The molecule has 1 atom stereocenters. The van der Waals surface area contributed by atoms with Crippen LogP contribution < -0.4 is 5.32 Å². The summed E-state index contributed by atoms with van der Waals surface area (Å²) in [6.07, 6.45) is -3.75. The van der Waals surface area contributed by atoms with E-state index in [0.717, 1.165) is 29.7 Å². The first-order valence-corrected chi connectivity index (χ1v) is 10.3. The Morgan fingerprint density at radius 3 is 2.69 bits per heavy atom. The van der Waals surface area contributed by atoms with E-state index in [2.05, 4.69) is 5.32 Å². The molecule has 9 heteroatoms. The van der Waals surface area contributed by atoms with Crippen LogP contribution in [-0.4, -0.2) is 36.5 Å². The molecule has 2 aromatic rings. The van der Waals surface area contributed by atoms with Gasteiger partial charge in [-0.25, -0.2) is 4.39 Å². The number of halogens is 4. The number of nitrogens with one attached hydrogen (secondary N) is 1. The van der Waals surface area contributed by atoms with Gasteiger partial charge in [-0.1, -0.05) is 18.2 Å². The molecule has 0 bridgehead atoms. The first kappa shape index (κ1) is 22.3. The van der Waals surface area contributed by atoms with Crippen LogP contribution in [0.1, 0.15) is 28.7 Å². The summed E-state index contributed by atoms with van der Waals surface area (Å²) in [6.45, 7) is 2.01. The molecule has 0 radical (unpaired) electrons. The largest absolute Gasteiger partial charge is 0.419 e. The van der Waals surface area contributed by atoms with E-state index in [1.165, 1.54) is 0 Å². The van der Waals surface area contributed by atoms with Gasteiger partial charge in [0.2, 0.25) is 11.8 Å². The fourth-order valence-corrected chi connectivity index (χ4v) is 4.18. The van der Waals surface area contributed by atoms with Gasteiger partial charge in [-0.05, 0) is 47.7 Å². The van der Waals surface area contributed by atoms with Crippen molar-refractivity contribution in [3.63, 3.8) is 0 Å². The van der Waals surface area contributed by atoms with Gasteiger partial charge in [0.05, 0.1) is 24.5 Å². The van der Waals surface area contributed by atoms with E-state index in [1.807, 2.05) is 6.07 Å². The lowest BCUT2D eigenvalue weighted by Crippen LogP contribution is -2.40. The first-order valence-electron chi connectivity index (χ1n) is 10.3. The second-order valence-electron chi connectivity index (χ2n) is 8.05. The fraction of sp³-hybridized carbons (Fsp3) is 0.391. The van der Waals surface area contributed by atoms with Crippen molar-refractivity contribution in [2.24, 2.45) is 5.92 Å². The third kappa shape index (κ3) is 4.77. The number of hydrogen-bond acceptors (Lipinski definition) is 3. The predicted octanol–water partition coefficient (Wildman–Crippen LogP) is 3.95. The Kier molecular flexibility index (Phi) is 6.19. The number of anilines is 1. The lowest BCUT2D eigenvalue weighted by atomic mass is 9.96. The Morgan fingerprint density at radius 1 is 1.19 bits per heavy atom. The second kappa shape index (κ2) is 8.90. The molecule has 0 aliphatic carbocycles. The highest BCUT2D eigenvalue weighted by atomic mass is 19.4. The highest BCUT2D eigenvalue weighted by Gasteiger charge is 2.34. The molecule has 1 unspecified atom stereocenters. The molecule has 5 nitrogen and oxygen atoms in total. The summed E-state index contributed by atoms with van der Waals surface area (Å²) in [7, 11) is 0. The number of carbonyl (C=O) groups excluding carboxylic acids is 2. The molecule has 0 spiro atoms. The summed E-state index contributed by atoms with van der Waals surface area (Å²) in [5.41, 5.74) is 1.24. The van der Waals surface area contributed by atoms with E-state index >= 15 is 0 Å². The van der Waals surface area contributed by atoms with E-state index in [-0.39, 0.29) is 23.8 Å². The molecular weight excluding hydrogens is 428 g/mol. The van der Waals surface area contributed by atoms with Gasteiger partial charge in [0.15, 0.2) is 0 Å². The summed E-state index contributed by atoms with van der Waals surface area (Å²) in [5.74, 6) is -1.90. The Balaban J connectivity index is 1.42. The maximum Gasteiger partial charge on any atom is 0.419 e. The van der Waals surface area contributed by atoms with Crippen LogP contribution in [0.4, 0.5) is 23.2 Å². The van der Waals surface area contributed by atoms with Crippen molar-refractivity contribution >= 4 is 17.5 Å². The average molecular weight is 450 g/mol. The van der Waals surface area contributed by atoms with Crippen molar-refractivity contribution in [3.8, 4) is 0 Å². The number of carbonyl (C=O) groups is 2. The number of fused-ring (bicyclic) bond motifs is 1. The molecule has 2 heterocycles. The average Bonchev–Trinajstić information content (AvgIpc) is 3.27. The topological polar surface area (TPSA) is 58.6 Å². The zero-order valence-electron chi connectivity index (χ0n) is 17.2. The Morgan fingerprint density at radius 2 is 2.00 bits per heavy atom. The third-order valence-electron chi connectivity index (χ3n) is 5.83. The lowest BCUT2D eigenvalue weighted by Gasteiger charge is -2.31. The number of rotatable bonds is 4. The molecule has 32 heavy (non-hydrogen) atoms. The number of benzene rings is 2. The molecule has 0 saturated carbocycles. The summed E-state index contributed by atoms with van der Waals surface area (Å²) in [4.78, 5) is 26.9. The monoisotopic (exact) mass is 450 g/mol. The van der Waals surface area contributed by atoms with E-state index in [4.69, 9.17) is 4.74 Å². The van der Waals surface area contributed by atoms with Crippen LogP contribution in [0.2, 0.25) is 0 Å². The van der Waals surface area contributed by atoms with Crippen LogP contribution in [0.5, 0.6) is 0 Å². The van der Waals surface area contributed by atoms with Gasteiger partial charge in [0, 0.05) is 25.4 Å². The van der Waals surface area contributed by atoms with Crippen LogP contribution >= 0.6 is 0 Å². The van der Waals surface area contributed by atoms with E-state index in [9.17, 15) is 27.2 Å². The SMILES string of the molecule is O=C(Cc1ccc(C(F)(F)F)c(F)c1)Nc1cccc2c1CCN(C(=O)C1CCOC1)C2. The minimum absolute atomic E-state index is 0.0759. The van der Waals surface area contributed by atoms with Gasteiger partial charge >= 0.3 is 6.18 Å². The number of hydrogen-bond donors (Lipinski definition) is 1. The summed E-state index contributed by atoms with van der Waals surface area (Å²) in [6, 6.07) is 7.90. The zero-order valence-corrected chi connectivity index (χ0v) is 17.2. The number of alkyl halides is 3. The maximum absolute atomic E-state index is 13.8. The quantitative estimate of drug-likeness (QED) is 0.718. The molecule has 1 saturated heterocycles. The van der Waals surface area contributed by atoms with Gasteiger partial charge in [-0.2, -0.15) is 13.2 Å². The van der Waals surface area contributed by atoms with Crippen LogP contribution in [-0.2, 0) is 39.9 Å². The van der Waals surface area contributed by atoms with Crippen molar-refractivity contribution < 1.29 is 31.9 Å². The third-order valence-corrected chi connectivity index (χ3v) is 5.83. The normalized spacial score (nSPS) is 18.4. The van der Waals surface area contributed by atoms with Gasteiger partial charge in [0.25, 0.3) is 0 Å². The minimum atomic E-state index is -4.78. The van der Waals surface area contributed by atoms with Crippen molar-refractivity contribution in [2.75, 3.05) is 25.1 Å². The molecular formula is C23H22F4N2O3. The second-order valence-corrected chi connectivity index (χ2v) is 8.05. The molecule has 4 rings (SSSR count). The van der Waals surface area contributed by atoms with E-state index in [0.29, 0.717) is 44.5 Å². The fourth-order valence-electron chi connectivity index (χ4n) is 4.18. The number of nitrogens with zero attached hydrogens (tertiary/aromatic N) is 1. The highest BCUT2D eigenvalue weighted by Crippen LogP contribution is 2.32. The van der Waals surface area contributed by atoms with Crippen molar-refractivity contribution in [1.29, 1.82) is 0 Å². The molecule has 2 aliphatic rings. The van der Waals surface area contributed by atoms with E-state index < -0.39 is 23.5 Å². The highest BCUT2D eigenvalue weighted by molar-refractivity contribution is 5.93. The van der Waals surface area contributed by atoms with Gasteiger partial charge in [0.1, 0.15) is 5.82 Å². The molecule has 2 aliphatic heterocycles. The molecule has 170 valence electrons. The Labute approximate surface area is 182 Å². The van der Waals surface area contributed by atoms with Crippen LogP contribution in [0.3, 0.4) is 0 Å². The van der Waals surface area contributed by atoms with Crippen molar-refractivity contribution in [1.82, 2.24) is 4.90 Å². The summed E-state index contributed by atoms with van der Waals surface area (Å²) in [5, 5.41) is 2.77. The van der Waals surface area contributed by atoms with Crippen LogP contribution in [0.15, 0.2) is 36.4 Å². The Hall–Kier alpha value is -2.94. The van der Waals surface area contributed by atoms with Crippen molar-refractivity contribution in [3.05, 3.63) is 64.5 Å². The number of amides is 2. The minimum Gasteiger partial charge on any atom is -0.381 e. The molecule has 0 aromatic heterocycles. The van der Waals surface area contributed by atoms with Gasteiger partial charge < -0.3 is 15.0 Å². The van der Waals surface area contributed by atoms with Gasteiger partial charge in [-0.3, -0.25) is 9.59 Å². The molecule has 1 N–H and O–H groups in total. The molecule has 2 amide bonds. The number of ether oxygens (including phenoxy) is 1. The van der Waals surface area contributed by atoms with Gasteiger partial charge in [-0.15, -0.1) is 0 Å². The smallest absolute Gasteiger partial charge is 0.381 e. The predicted molar refractivity (Wildman–Crippen MR) is 108 cm³/mol. The lowest BCUT2D eigenvalue weighted by molar-refractivity contribution is -0.140. The summed E-state index contributed by atoms with van der Waals surface area (Å²) >= 11 is 0. The van der Waals surface area contributed by atoms with E-state index in [1.54, 1.807) is 17.0 Å². The van der Waals surface area contributed by atoms with Crippen LogP contribution in [0, 0.1) is 11.7 Å². The Bertz CT molecular complexity index is 1030.